The van der Waals surface area contributed by atoms with Crippen LogP contribution < -0.4 is 5.73 Å². The van der Waals surface area contributed by atoms with E-state index in [1.807, 2.05) is 0 Å². The minimum absolute atomic E-state index is 0.0602. The van der Waals surface area contributed by atoms with Crippen molar-refractivity contribution in [3.63, 3.8) is 0 Å². The van der Waals surface area contributed by atoms with Crippen molar-refractivity contribution in [3.8, 4) is 0 Å². The molecule has 0 amide bonds. The lowest BCUT2D eigenvalue weighted by molar-refractivity contribution is -0.384. The second-order valence-electron chi connectivity index (χ2n) is 2.78. The van der Waals surface area contributed by atoms with E-state index >= 15 is 0 Å². The van der Waals surface area contributed by atoms with Gasteiger partial charge in [0.05, 0.1) is 17.6 Å². The largest absolute Gasteiger partial charge is 0.313 e. The molecule has 1 fully saturated rings. The van der Waals surface area contributed by atoms with Crippen LogP contribution in [0.4, 0.5) is 5.69 Å². The summed E-state index contributed by atoms with van der Waals surface area (Å²) >= 11 is 0. The number of nitrogens with two attached hydrogens (primary N) is 1. The van der Waals surface area contributed by atoms with E-state index in [4.69, 9.17) is 10.9 Å². The van der Waals surface area contributed by atoms with E-state index in [0.717, 1.165) is 5.06 Å². The third-order valence-electron chi connectivity index (χ3n) is 1.59. The molecular weight excluding hydrogens is 186 g/mol. The summed E-state index contributed by atoms with van der Waals surface area (Å²) in [6, 6.07) is 7.93. The van der Waals surface area contributed by atoms with Crippen LogP contribution in [0.15, 0.2) is 30.3 Å². The zero-order chi connectivity index (χ0) is 10.6. The molecule has 1 aromatic carbocycles. The van der Waals surface area contributed by atoms with E-state index in [1.54, 1.807) is 18.2 Å². The Balaban J connectivity index is 0.000000165. The molecule has 1 aliphatic rings. The molecule has 2 rings (SSSR count). The topological polar surface area (TPSA) is 92.4 Å². The number of non-ortho nitro benzene ring substituents is 1. The Labute approximate surface area is 80.7 Å². The Morgan fingerprint density at radius 1 is 1.50 bits per heavy atom. The number of nitro benzene ring substituents is 1. The third kappa shape index (κ3) is 3.48. The molecule has 6 nitrogen and oxygen atoms in total. The van der Waals surface area contributed by atoms with Gasteiger partial charge in [-0.25, -0.2) is 0 Å². The predicted octanol–water partition coefficient (Wildman–Crippen LogP) is 0.571. The average molecular weight is 197 g/mol. The standard InChI is InChI=1S/C6H5NO2.C2H6N2O/c8-7(9)6-4-2-1-3-5-6;3-2-1-4(2)5/h1-5H;2,5H,1,3H2. The molecule has 1 aliphatic heterocycles. The second kappa shape index (κ2) is 4.66. The summed E-state index contributed by atoms with van der Waals surface area (Å²) in [6.45, 7) is 0.639. The summed E-state index contributed by atoms with van der Waals surface area (Å²) in [6.07, 6.45) is -0.0602. The second-order valence-corrected chi connectivity index (χ2v) is 2.78. The van der Waals surface area contributed by atoms with Crippen molar-refractivity contribution in [1.82, 2.24) is 5.06 Å². The minimum atomic E-state index is -0.417. The van der Waals surface area contributed by atoms with Crippen LogP contribution in [0.1, 0.15) is 0 Å². The molecule has 0 aliphatic carbocycles. The van der Waals surface area contributed by atoms with Gasteiger partial charge in [0.15, 0.2) is 0 Å². The van der Waals surface area contributed by atoms with Crippen LogP contribution in [0.25, 0.3) is 0 Å². The van der Waals surface area contributed by atoms with Gasteiger partial charge >= 0.3 is 0 Å². The average Bonchev–Trinajstić information content (AvgIpc) is 2.82. The fourth-order valence-electron chi connectivity index (χ4n) is 0.694. The molecule has 6 heteroatoms. The highest BCUT2D eigenvalue weighted by atomic mass is 16.6. The third-order valence-corrected chi connectivity index (χ3v) is 1.59. The zero-order valence-electron chi connectivity index (χ0n) is 7.41. The Hall–Kier alpha value is -1.50. The van der Waals surface area contributed by atoms with Gasteiger partial charge in [0.25, 0.3) is 5.69 Å². The number of hydrogen-bond donors (Lipinski definition) is 2. The van der Waals surface area contributed by atoms with Crippen LogP contribution in [0, 0.1) is 10.1 Å². The Morgan fingerprint density at radius 2 is 1.93 bits per heavy atom. The van der Waals surface area contributed by atoms with E-state index in [2.05, 4.69) is 0 Å². The van der Waals surface area contributed by atoms with Crippen LogP contribution in [-0.4, -0.2) is 27.9 Å². The fraction of sp³-hybridized carbons (Fsp3) is 0.250. The van der Waals surface area contributed by atoms with Crippen LogP contribution in [-0.2, 0) is 0 Å². The number of rotatable bonds is 1. The van der Waals surface area contributed by atoms with Crippen molar-refractivity contribution in [3.05, 3.63) is 40.4 Å². The molecule has 1 aromatic rings. The Kier molecular flexibility index (Phi) is 3.52. The van der Waals surface area contributed by atoms with Gasteiger partial charge in [-0.05, 0) is 0 Å². The van der Waals surface area contributed by atoms with Gasteiger partial charge in [0.2, 0.25) is 0 Å². The molecule has 1 saturated heterocycles. The van der Waals surface area contributed by atoms with E-state index in [-0.39, 0.29) is 11.9 Å². The van der Waals surface area contributed by atoms with Crippen molar-refractivity contribution < 1.29 is 10.1 Å². The zero-order valence-corrected chi connectivity index (χ0v) is 7.41. The molecule has 2 unspecified atom stereocenters. The molecule has 14 heavy (non-hydrogen) atoms. The van der Waals surface area contributed by atoms with Gasteiger partial charge in [-0.2, -0.15) is 5.06 Å². The van der Waals surface area contributed by atoms with Gasteiger partial charge in [0.1, 0.15) is 0 Å². The highest BCUT2D eigenvalue weighted by Gasteiger charge is 2.26. The van der Waals surface area contributed by atoms with E-state index in [0.29, 0.717) is 6.54 Å². The number of benzene rings is 1. The molecule has 1 heterocycles. The molecule has 3 N–H and O–H groups in total. The quantitative estimate of drug-likeness (QED) is 0.390. The van der Waals surface area contributed by atoms with Gasteiger partial charge in [-0.1, -0.05) is 18.2 Å². The number of hydroxylamine groups is 2. The van der Waals surface area contributed by atoms with Crippen LogP contribution >= 0.6 is 0 Å². The first-order valence-corrected chi connectivity index (χ1v) is 4.02. The van der Waals surface area contributed by atoms with Crippen LogP contribution in [0.5, 0.6) is 0 Å². The number of nitro groups is 1. The van der Waals surface area contributed by atoms with E-state index in [1.165, 1.54) is 12.1 Å². The summed E-state index contributed by atoms with van der Waals surface area (Å²) < 4.78 is 0. The summed E-state index contributed by atoms with van der Waals surface area (Å²) in [5, 5.41) is 19.2. The van der Waals surface area contributed by atoms with Crippen molar-refractivity contribution in [2.75, 3.05) is 6.54 Å². The Morgan fingerprint density at radius 3 is 2.14 bits per heavy atom. The maximum Gasteiger partial charge on any atom is 0.269 e. The summed E-state index contributed by atoms with van der Waals surface area (Å²) in [5.41, 5.74) is 5.18. The van der Waals surface area contributed by atoms with Gasteiger partial charge < -0.3 is 10.9 Å². The lowest BCUT2D eigenvalue weighted by Gasteiger charge is -1.85. The lowest BCUT2D eigenvalue weighted by Crippen LogP contribution is -2.05. The van der Waals surface area contributed by atoms with Crippen molar-refractivity contribution >= 4 is 5.69 Å². The molecule has 0 spiro atoms. The maximum atomic E-state index is 10.0. The van der Waals surface area contributed by atoms with E-state index in [9.17, 15) is 10.1 Å². The smallest absolute Gasteiger partial charge is 0.269 e. The highest BCUT2D eigenvalue weighted by molar-refractivity contribution is 5.27. The molecule has 76 valence electrons. The molecule has 0 radical (unpaired) electrons. The summed E-state index contributed by atoms with van der Waals surface area (Å²) in [4.78, 5) is 9.59. The van der Waals surface area contributed by atoms with Gasteiger partial charge in [-0.3, -0.25) is 10.1 Å². The molecule has 0 aromatic heterocycles. The predicted molar refractivity (Wildman–Crippen MR) is 49.6 cm³/mol. The van der Waals surface area contributed by atoms with Crippen LogP contribution in [0.2, 0.25) is 0 Å². The highest BCUT2D eigenvalue weighted by Crippen LogP contribution is 2.06. The van der Waals surface area contributed by atoms with E-state index < -0.39 is 4.92 Å². The number of hydrogen-bond acceptors (Lipinski definition) is 5. The minimum Gasteiger partial charge on any atom is -0.313 e. The molecule has 0 bridgehead atoms. The fourth-order valence-corrected chi connectivity index (χ4v) is 0.694. The molecular formula is C8H11N3O3. The first-order chi connectivity index (χ1) is 6.61. The summed E-state index contributed by atoms with van der Waals surface area (Å²) in [5.74, 6) is 0. The van der Waals surface area contributed by atoms with Crippen molar-refractivity contribution in [2.45, 2.75) is 6.17 Å². The molecule has 0 saturated carbocycles. The van der Waals surface area contributed by atoms with Crippen molar-refractivity contribution in [2.24, 2.45) is 5.73 Å². The van der Waals surface area contributed by atoms with Crippen molar-refractivity contribution in [1.29, 1.82) is 0 Å². The number of nitrogens with zero attached hydrogens (tertiary/aromatic N) is 2. The first-order valence-electron chi connectivity index (χ1n) is 4.02. The monoisotopic (exact) mass is 197 g/mol. The lowest BCUT2D eigenvalue weighted by atomic mass is 10.3. The molecule has 2 atom stereocenters. The first kappa shape index (κ1) is 10.6. The Bertz CT molecular complexity index is 298. The number of para-hydroxylation sites is 1. The SMILES string of the molecule is NC1CN1O.O=[N+]([O-])c1ccccc1. The van der Waals surface area contributed by atoms with Crippen LogP contribution in [0.3, 0.4) is 0 Å². The normalized spacial score (nSPS) is 23.3. The summed E-state index contributed by atoms with van der Waals surface area (Å²) in [7, 11) is 0. The van der Waals surface area contributed by atoms with Gasteiger partial charge in [-0.15, -0.1) is 0 Å². The van der Waals surface area contributed by atoms with Gasteiger partial charge in [0, 0.05) is 12.1 Å². The maximum absolute atomic E-state index is 10.0.